The first-order chi connectivity index (χ1) is 19.6. The molecule has 10 rings (SSSR count). The topological polar surface area (TPSA) is 25.8 Å². The van der Waals surface area contributed by atoms with Gasteiger partial charge < -0.3 is 0 Å². The van der Waals surface area contributed by atoms with Gasteiger partial charge in [0.25, 0.3) is 0 Å². The van der Waals surface area contributed by atoms with Crippen molar-refractivity contribution in [2.45, 2.75) is 0 Å². The van der Waals surface area contributed by atoms with Crippen molar-refractivity contribution < 1.29 is 8.78 Å². The smallest absolute Gasteiger partial charge is 0.178 e. The van der Waals surface area contributed by atoms with E-state index in [1.807, 2.05) is 12.4 Å². The number of thiophene rings is 8. The van der Waals surface area contributed by atoms with E-state index >= 15 is 0 Å². The summed E-state index contributed by atoms with van der Waals surface area (Å²) < 4.78 is 41.8. The van der Waals surface area contributed by atoms with Crippen molar-refractivity contribution in [1.29, 1.82) is 0 Å². The maximum Gasteiger partial charge on any atom is 0.178 e. The number of halogens is 2. The van der Waals surface area contributed by atoms with Crippen LogP contribution in [0.25, 0.3) is 85.9 Å². The minimum Gasteiger partial charge on any atom is -0.241 e. The standard InChI is InChI=1S/C26H6F2N2S10/c27-15-3-11-19(39-15)23-21(35-11)17-9(33-23)1-7(31-17)13-5-29-25(37-13)26-30-6-14(38-26)8-2-10-18(32-8)22-24(34-10)20-12(36-22)4-16(28)40-20/h1-6H. The predicted molar refractivity (Wildman–Crippen MR) is 182 cm³/mol. The van der Waals surface area contributed by atoms with Crippen molar-refractivity contribution in [1.82, 2.24) is 9.97 Å². The van der Waals surface area contributed by atoms with Crippen LogP contribution < -0.4 is 0 Å². The van der Waals surface area contributed by atoms with Gasteiger partial charge in [-0.2, -0.15) is 8.78 Å². The number of aromatic nitrogens is 2. The lowest BCUT2D eigenvalue weighted by molar-refractivity contribution is 0.658. The molecule has 2 nitrogen and oxygen atoms in total. The molecular formula is C26H6F2N2S10. The minimum atomic E-state index is -0.112. The van der Waals surface area contributed by atoms with E-state index in [2.05, 4.69) is 12.1 Å². The number of fused-ring (bicyclic) bond motifs is 10. The molecule has 0 spiro atoms. The zero-order valence-corrected chi connectivity index (χ0v) is 27.4. The van der Waals surface area contributed by atoms with E-state index in [0.29, 0.717) is 0 Å². The lowest BCUT2D eigenvalue weighted by atomic mass is 10.4. The van der Waals surface area contributed by atoms with E-state index in [4.69, 9.17) is 9.97 Å². The largest absolute Gasteiger partial charge is 0.241 e. The van der Waals surface area contributed by atoms with Crippen LogP contribution in [0.5, 0.6) is 0 Å². The van der Waals surface area contributed by atoms with Crippen LogP contribution in [-0.4, -0.2) is 9.97 Å². The van der Waals surface area contributed by atoms with Gasteiger partial charge in [-0.15, -0.1) is 113 Å². The monoisotopic (exact) mass is 704 g/mol. The predicted octanol–water partition coefficient (Wildman–Crippen LogP) is 13.3. The molecule has 0 aliphatic heterocycles. The summed E-state index contributed by atoms with van der Waals surface area (Å²) in [5.74, 6) is 0. The number of nitrogens with zero attached hydrogens (tertiary/aromatic N) is 2. The first kappa shape index (κ1) is 23.8. The van der Waals surface area contributed by atoms with Gasteiger partial charge in [0.1, 0.15) is 0 Å². The Balaban J connectivity index is 0.989. The summed E-state index contributed by atoms with van der Waals surface area (Å²) in [4.78, 5) is 14.2. The molecule has 0 N–H and O–H groups in total. The third-order valence-corrected chi connectivity index (χ3v) is 19.1. The number of hydrogen-bond donors (Lipinski definition) is 0. The molecule has 0 fully saturated rings. The lowest BCUT2D eigenvalue weighted by Gasteiger charge is -1.89. The Morgan fingerprint density at radius 2 is 0.750 bits per heavy atom. The quantitative estimate of drug-likeness (QED) is 0.183. The molecule has 0 bridgehead atoms. The summed E-state index contributed by atoms with van der Waals surface area (Å²) in [6, 6.07) is 7.81. The number of thiazole rings is 2. The first-order valence-electron chi connectivity index (χ1n) is 11.6. The molecular weight excluding hydrogens is 699 g/mol. The zero-order valence-electron chi connectivity index (χ0n) is 19.2. The molecule has 40 heavy (non-hydrogen) atoms. The molecule has 0 radical (unpaired) electrons. The molecule has 10 aromatic heterocycles. The van der Waals surface area contributed by atoms with Crippen LogP contribution in [0.3, 0.4) is 0 Å². The summed E-state index contributed by atoms with van der Waals surface area (Å²) in [6.45, 7) is 0. The summed E-state index contributed by atoms with van der Waals surface area (Å²) in [6.07, 6.45) is 3.92. The highest BCUT2D eigenvalue weighted by Crippen LogP contribution is 2.53. The highest BCUT2D eigenvalue weighted by atomic mass is 32.1. The van der Waals surface area contributed by atoms with Gasteiger partial charge in [-0.05, 0) is 12.1 Å². The van der Waals surface area contributed by atoms with E-state index < -0.39 is 0 Å². The van der Waals surface area contributed by atoms with Crippen LogP contribution in [0.15, 0.2) is 36.7 Å². The maximum absolute atomic E-state index is 13.7. The van der Waals surface area contributed by atoms with Crippen LogP contribution in [0.2, 0.25) is 0 Å². The van der Waals surface area contributed by atoms with Crippen molar-refractivity contribution in [3.8, 4) is 29.5 Å². The summed E-state index contributed by atoms with van der Waals surface area (Å²) in [5, 5.41) is 1.64. The Morgan fingerprint density at radius 1 is 0.375 bits per heavy atom. The summed E-state index contributed by atoms with van der Waals surface area (Å²) in [5.41, 5.74) is 0. The molecule has 0 aromatic carbocycles. The fourth-order valence-electron chi connectivity index (χ4n) is 4.82. The molecule has 0 saturated heterocycles. The molecule has 0 aliphatic rings. The molecule has 194 valence electrons. The van der Waals surface area contributed by atoms with Crippen LogP contribution in [0, 0.1) is 10.3 Å². The second kappa shape index (κ2) is 8.43. The first-order valence-corrected chi connectivity index (χ1v) is 19.7. The van der Waals surface area contributed by atoms with E-state index in [9.17, 15) is 8.78 Å². The van der Waals surface area contributed by atoms with E-state index in [-0.39, 0.29) is 10.3 Å². The summed E-state index contributed by atoms with van der Waals surface area (Å²) in [7, 11) is 0. The van der Waals surface area contributed by atoms with Gasteiger partial charge in [0.15, 0.2) is 20.3 Å². The minimum absolute atomic E-state index is 0.112. The molecule has 0 aliphatic carbocycles. The Kier molecular flexibility index (Phi) is 5.02. The fourth-order valence-corrected chi connectivity index (χ4v) is 17.5. The Bertz CT molecular complexity index is 2420. The lowest BCUT2D eigenvalue weighted by Crippen LogP contribution is -1.68. The maximum atomic E-state index is 13.7. The van der Waals surface area contributed by atoms with Crippen LogP contribution in [0.4, 0.5) is 8.78 Å². The highest BCUT2D eigenvalue weighted by Gasteiger charge is 2.21. The van der Waals surface area contributed by atoms with E-state index in [1.54, 1.807) is 103 Å². The Hall–Kier alpha value is -1.72. The third-order valence-electron chi connectivity index (χ3n) is 6.50. The molecule has 0 saturated carbocycles. The third kappa shape index (κ3) is 3.34. The fraction of sp³-hybridized carbons (Fsp3) is 0. The molecule has 14 heteroatoms. The normalized spacial score (nSPS) is 12.8. The molecule has 0 atom stereocenters. The van der Waals surface area contributed by atoms with Crippen LogP contribution in [-0.2, 0) is 0 Å². The van der Waals surface area contributed by atoms with Gasteiger partial charge in [0.05, 0.1) is 56.8 Å². The van der Waals surface area contributed by atoms with E-state index in [0.717, 1.165) is 38.6 Å². The average Bonchev–Trinajstić information content (AvgIpc) is 3.73. The Morgan fingerprint density at radius 3 is 1.18 bits per heavy atom. The highest BCUT2D eigenvalue weighted by molar-refractivity contribution is 7.46. The second-order valence-electron chi connectivity index (χ2n) is 8.88. The van der Waals surface area contributed by atoms with E-state index in [1.165, 1.54) is 70.0 Å². The number of hydrogen-bond acceptors (Lipinski definition) is 12. The Labute approximate surface area is 262 Å². The van der Waals surface area contributed by atoms with Gasteiger partial charge >= 0.3 is 0 Å². The van der Waals surface area contributed by atoms with Crippen molar-refractivity contribution in [2.24, 2.45) is 0 Å². The molecule has 0 unspecified atom stereocenters. The van der Waals surface area contributed by atoms with Crippen LogP contribution >= 0.6 is 113 Å². The van der Waals surface area contributed by atoms with Crippen molar-refractivity contribution >= 4 is 170 Å². The molecule has 10 heterocycles. The molecule has 10 aromatic rings. The van der Waals surface area contributed by atoms with Crippen molar-refractivity contribution in [3.05, 3.63) is 46.9 Å². The summed E-state index contributed by atoms with van der Waals surface area (Å²) >= 11 is 16.4. The van der Waals surface area contributed by atoms with Crippen molar-refractivity contribution in [3.63, 3.8) is 0 Å². The molecule has 0 amide bonds. The van der Waals surface area contributed by atoms with Gasteiger partial charge in [0.2, 0.25) is 0 Å². The SMILES string of the molecule is Fc1cc2sc3c4sc(-c5cnc(-c6ncc(-c7cc8sc9c%10sc(F)cc%10sc9c8s7)s6)s5)cc4sc3c2s1. The number of rotatable bonds is 3. The van der Waals surface area contributed by atoms with Crippen LogP contribution in [0.1, 0.15) is 0 Å². The average molecular weight is 705 g/mol. The van der Waals surface area contributed by atoms with Crippen molar-refractivity contribution in [2.75, 3.05) is 0 Å². The van der Waals surface area contributed by atoms with Gasteiger partial charge in [-0.1, -0.05) is 0 Å². The van der Waals surface area contributed by atoms with Gasteiger partial charge in [-0.25, -0.2) is 9.97 Å². The zero-order chi connectivity index (χ0) is 26.3. The second-order valence-corrected chi connectivity index (χ2v) is 19.3. The van der Waals surface area contributed by atoms with Gasteiger partial charge in [0, 0.05) is 43.7 Å². The van der Waals surface area contributed by atoms with Gasteiger partial charge in [-0.3, -0.25) is 0 Å².